The van der Waals surface area contributed by atoms with E-state index in [4.69, 9.17) is 13.9 Å². The summed E-state index contributed by atoms with van der Waals surface area (Å²) in [6.45, 7) is 9.14. The molecule has 5 rings (SSSR count). The van der Waals surface area contributed by atoms with Crippen molar-refractivity contribution in [3.05, 3.63) is 93.5 Å². The monoisotopic (exact) mass is 498 g/mol. The molecule has 2 aromatic carbocycles. The predicted octanol–water partition coefficient (Wildman–Crippen LogP) is 6.07. The van der Waals surface area contributed by atoms with Crippen LogP contribution in [-0.4, -0.2) is 24.1 Å². The second-order valence-corrected chi connectivity index (χ2v) is 9.61. The first-order chi connectivity index (χ1) is 17.9. The van der Waals surface area contributed by atoms with Gasteiger partial charge < -0.3 is 13.9 Å². The molecule has 1 atom stereocenters. The minimum Gasteiger partial charge on any atom is -0.490 e. The molecule has 190 valence electrons. The second kappa shape index (κ2) is 10.1. The lowest BCUT2D eigenvalue weighted by Crippen LogP contribution is -2.30. The van der Waals surface area contributed by atoms with Crippen molar-refractivity contribution in [2.45, 2.75) is 40.2 Å². The largest absolute Gasteiger partial charge is 0.490 e. The van der Waals surface area contributed by atoms with E-state index in [-0.39, 0.29) is 11.2 Å². The maximum Gasteiger partial charge on any atom is 0.296 e. The van der Waals surface area contributed by atoms with E-state index in [9.17, 15) is 9.59 Å². The van der Waals surface area contributed by atoms with Gasteiger partial charge in [-0.2, -0.15) is 0 Å². The van der Waals surface area contributed by atoms with Crippen molar-refractivity contribution in [3.8, 4) is 11.5 Å². The quantitative estimate of drug-likeness (QED) is 0.293. The van der Waals surface area contributed by atoms with E-state index in [1.54, 1.807) is 30.5 Å². The number of hydrogen-bond donors (Lipinski definition) is 0. The number of hydrogen-bond acceptors (Lipinski definition) is 6. The number of amides is 1. The number of fused-ring (bicyclic) bond motifs is 2. The number of pyridine rings is 1. The van der Waals surface area contributed by atoms with Crippen molar-refractivity contribution in [2.75, 3.05) is 18.1 Å². The van der Waals surface area contributed by atoms with Gasteiger partial charge in [-0.05, 0) is 73.7 Å². The zero-order valence-electron chi connectivity index (χ0n) is 21.5. The van der Waals surface area contributed by atoms with Crippen LogP contribution >= 0.6 is 0 Å². The van der Waals surface area contributed by atoms with Crippen LogP contribution in [0.1, 0.15) is 60.5 Å². The standard InChI is InChI=1S/C30H30N2O5/c1-5-35-24-17-20(10-11-23(24)36-15-13-18(2)3)27-26-28(33)21-8-6-7-9-22(21)37-29(26)30(34)32(27)25-16-19(4)12-14-31-25/h6-12,14,16-18,27H,5,13,15H2,1-4H3/t27-/m0/s1. The van der Waals surface area contributed by atoms with Gasteiger partial charge in [0.05, 0.1) is 30.2 Å². The molecule has 3 heterocycles. The van der Waals surface area contributed by atoms with Gasteiger partial charge >= 0.3 is 0 Å². The molecule has 2 aromatic heterocycles. The Kier molecular flexibility index (Phi) is 6.70. The lowest BCUT2D eigenvalue weighted by molar-refractivity contribution is 0.0970. The predicted molar refractivity (Wildman–Crippen MR) is 143 cm³/mol. The number of carbonyl (C=O) groups excluding carboxylic acids is 1. The van der Waals surface area contributed by atoms with Crippen LogP contribution in [0, 0.1) is 12.8 Å². The molecule has 0 bridgehead atoms. The number of benzene rings is 2. The molecular formula is C30H30N2O5. The van der Waals surface area contributed by atoms with Crippen LogP contribution in [0.25, 0.3) is 11.0 Å². The number of carbonyl (C=O) groups is 1. The summed E-state index contributed by atoms with van der Waals surface area (Å²) in [6.07, 6.45) is 2.57. The Hall–Kier alpha value is -4.13. The fourth-order valence-electron chi connectivity index (χ4n) is 4.61. The molecule has 1 aliphatic heterocycles. The SMILES string of the molecule is CCOc1cc([C@H]2c3c(oc4ccccc4c3=O)C(=O)N2c2cc(C)ccn2)ccc1OCCC(C)C. The molecule has 0 unspecified atom stereocenters. The van der Waals surface area contributed by atoms with E-state index in [0.717, 1.165) is 12.0 Å². The third-order valence-electron chi connectivity index (χ3n) is 6.46. The second-order valence-electron chi connectivity index (χ2n) is 9.61. The first kappa shape index (κ1) is 24.6. The summed E-state index contributed by atoms with van der Waals surface area (Å²) in [6, 6.07) is 15.5. The minimum atomic E-state index is -0.735. The van der Waals surface area contributed by atoms with Gasteiger partial charge in [0, 0.05) is 6.20 Å². The highest BCUT2D eigenvalue weighted by Crippen LogP contribution is 2.43. The van der Waals surface area contributed by atoms with Gasteiger partial charge in [-0.25, -0.2) is 4.98 Å². The van der Waals surface area contributed by atoms with Gasteiger partial charge in [0.1, 0.15) is 11.4 Å². The molecule has 7 heteroatoms. The molecule has 0 fully saturated rings. The van der Waals surface area contributed by atoms with Crippen LogP contribution < -0.4 is 19.8 Å². The smallest absolute Gasteiger partial charge is 0.296 e. The van der Waals surface area contributed by atoms with Crippen LogP contribution in [0.2, 0.25) is 0 Å². The summed E-state index contributed by atoms with van der Waals surface area (Å²) in [5, 5.41) is 0.428. The van der Waals surface area contributed by atoms with Crippen molar-refractivity contribution < 1.29 is 18.7 Å². The van der Waals surface area contributed by atoms with E-state index < -0.39 is 11.9 Å². The molecule has 37 heavy (non-hydrogen) atoms. The summed E-state index contributed by atoms with van der Waals surface area (Å²) in [7, 11) is 0. The molecule has 0 spiro atoms. The number of rotatable bonds is 8. The van der Waals surface area contributed by atoms with Gasteiger partial charge in [-0.15, -0.1) is 0 Å². The lowest BCUT2D eigenvalue weighted by atomic mass is 9.98. The number of ether oxygens (including phenoxy) is 2. The number of para-hydroxylation sites is 1. The van der Waals surface area contributed by atoms with Gasteiger partial charge in [-0.3, -0.25) is 14.5 Å². The average molecular weight is 499 g/mol. The molecule has 4 aromatic rings. The Morgan fingerprint density at radius 1 is 1.03 bits per heavy atom. The van der Waals surface area contributed by atoms with Crippen molar-refractivity contribution in [3.63, 3.8) is 0 Å². The van der Waals surface area contributed by atoms with E-state index in [1.165, 1.54) is 4.90 Å². The highest BCUT2D eigenvalue weighted by Gasteiger charge is 2.44. The average Bonchev–Trinajstić information content (AvgIpc) is 3.17. The van der Waals surface area contributed by atoms with Crippen LogP contribution in [-0.2, 0) is 0 Å². The molecule has 0 N–H and O–H groups in total. The summed E-state index contributed by atoms with van der Waals surface area (Å²) < 4.78 is 18.0. The maximum atomic E-state index is 13.8. The highest BCUT2D eigenvalue weighted by molar-refractivity contribution is 6.10. The van der Waals surface area contributed by atoms with Gasteiger partial charge in [0.2, 0.25) is 5.76 Å². The lowest BCUT2D eigenvalue weighted by Gasteiger charge is -2.25. The fourth-order valence-corrected chi connectivity index (χ4v) is 4.61. The Morgan fingerprint density at radius 2 is 1.84 bits per heavy atom. The molecular weight excluding hydrogens is 468 g/mol. The maximum absolute atomic E-state index is 13.8. The van der Waals surface area contributed by atoms with Crippen LogP contribution in [0.4, 0.5) is 5.82 Å². The van der Waals surface area contributed by atoms with E-state index in [2.05, 4.69) is 18.8 Å². The first-order valence-electron chi connectivity index (χ1n) is 12.6. The highest BCUT2D eigenvalue weighted by atomic mass is 16.5. The van der Waals surface area contributed by atoms with Crippen molar-refractivity contribution in [1.82, 2.24) is 4.98 Å². The van der Waals surface area contributed by atoms with Crippen molar-refractivity contribution in [1.29, 1.82) is 0 Å². The van der Waals surface area contributed by atoms with Crippen LogP contribution in [0.3, 0.4) is 0 Å². The van der Waals surface area contributed by atoms with Gasteiger partial charge in [-0.1, -0.05) is 32.0 Å². The molecule has 1 aliphatic rings. The number of anilines is 1. The Labute approximate surface area is 215 Å². The molecule has 0 saturated heterocycles. The normalized spacial score (nSPS) is 14.9. The van der Waals surface area contributed by atoms with Crippen molar-refractivity contribution >= 4 is 22.7 Å². The van der Waals surface area contributed by atoms with Crippen LogP contribution in [0.5, 0.6) is 11.5 Å². The Balaban J connectivity index is 1.68. The molecule has 1 amide bonds. The zero-order chi connectivity index (χ0) is 26.1. The summed E-state index contributed by atoms with van der Waals surface area (Å²) >= 11 is 0. The molecule has 0 aliphatic carbocycles. The Morgan fingerprint density at radius 3 is 2.59 bits per heavy atom. The third kappa shape index (κ3) is 4.57. The van der Waals surface area contributed by atoms with E-state index in [1.807, 2.05) is 44.2 Å². The zero-order valence-corrected chi connectivity index (χ0v) is 21.5. The van der Waals surface area contributed by atoms with Crippen LogP contribution in [0.15, 0.2) is 70.0 Å². The molecule has 0 saturated carbocycles. The number of aromatic nitrogens is 1. The van der Waals surface area contributed by atoms with Gasteiger partial charge in [0.15, 0.2) is 16.9 Å². The van der Waals surface area contributed by atoms with E-state index >= 15 is 0 Å². The minimum absolute atomic E-state index is 0.0345. The van der Waals surface area contributed by atoms with E-state index in [0.29, 0.717) is 58.5 Å². The molecule has 7 nitrogen and oxygen atoms in total. The van der Waals surface area contributed by atoms with Gasteiger partial charge in [0.25, 0.3) is 5.91 Å². The van der Waals surface area contributed by atoms with Crippen molar-refractivity contribution in [2.24, 2.45) is 5.92 Å². The number of nitrogens with zero attached hydrogens (tertiary/aromatic N) is 2. The first-order valence-corrected chi connectivity index (χ1v) is 12.6. The summed E-state index contributed by atoms with van der Waals surface area (Å²) in [5.41, 5.74) is 2.09. The summed E-state index contributed by atoms with van der Waals surface area (Å²) in [4.78, 5) is 33.5. The third-order valence-corrected chi connectivity index (χ3v) is 6.46. The number of aryl methyl sites for hydroxylation is 1. The topological polar surface area (TPSA) is 81.9 Å². The molecule has 0 radical (unpaired) electrons. The fraction of sp³-hybridized carbons (Fsp3) is 0.300. The summed E-state index contributed by atoms with van der Waals surface area (Å²) in [5.74, 6) is 1.78. The Bertz CT molecular complexity index is 1520.